The van der Waals surface area contributed by atoms with Gasteiger partial charge in [-0.2, -0.15) is 0 Å². The lowest BCUT2D eigenvalue weighted by Gasteiger charge is -2.22. The van der Waals surface area contributed by atoms with Crippen molar-refractivity contribution in [2.75, 3.05) is 13.6 Å². The second-order valence-corrected chi connectivity index (χ2v) is 6.59. The Bertz CT molecular complexity index is 963. The minimum atomic E-state index is -0.366. The van der Waals surface area contributed by atoms with Crippen LogP contribution in [0.4, 0.5) is 0 Å². The Labute approximate surface area is 173 Å². The lowest BCUT2D eigenvalue weighted by molar-refractivity contribution is -0.132. The smallest absolute Gasteiger partial charge is 0.286 e. The van der Waals surface area contributed by atoms with Crippen LogP contribution in [0.15, 0.2) is 69.9 Å². The number of amides is 3. The molecule has 0 aliphatic heterocycles. The van der Waals surface area contributed by atoms with E-state index in [0.29, 0.717) is 24.4 Å². The van der Waals surface area contributed by atoms with Crippen LogP contribution < -0.4 is 10.6 Å². The van der Waals surface area contributed by atoms with Crippen LogP contribution in [0, 0.1) is 0 Å². The number of hydrogen-bond acceptors (Lipinski definition) is 5. The lowest BCUT2D eigenvalue weighted by Crippen LogP contribution is -2.33. The first-order chi connectivity index (χ1) is 14.6. The first-order valence-corrected chi connectivity index (χ1v) is 9.49. The van der Waals surface area contributed by atoms with Gasteiger partial charge in [-0.3, -0.25) is 14.4 Å². The number of nitrogens with zero attached hydrogens (tertiary/aromatic N) is 1. The van der Waals surface area contributed by atoms with Crippen LogP contribution in [0.5, 0.6) is 0 Å². The maximum absolute atomic E-state index is 12.8. The molecule has 0 spiro atoms. The Balaban J connectivity index is 1.62. The van der Waals surface area contributed by atoms with E-state index in [9.17, 15) is 14.4 Å². The SMILES string of the molecule is CNC(=O)c1ccc(CN(Cc2ccco2)C(=O)CCNC(=O)c2ccco2)cc1. The molecular formula is C22H23N3O5. The molecule has 0 saturated heterocycles. The van der Waals surface area contributed by atoms with Crippen LogP contribution in [0.25, 0.3) is 0 Å². The zero-order valence-corrected chi connectivity index (χ0v) is 16.6. The number of carbonyl (C=O) groups excluding carboxylic acids is 3. The van der Waals surface area contributed by atoms with E-state index >= 15 is 0 Å². The molecule has 8 nitrogen and oxygen atoms in total. The molecular weight excluding hydrogens is 386 g/mol. The normalized spacial score (nSPS) is 10.4. The summed E-state index contributed by atoms with van der Waals surface area (Å²) in [6.07, 6.45) is 3.10. The zero-order chi connectivity index (χ0) is 21.3. The van der Waals surface area contributed by atoms with Gasteiger partial charge in [-0.15, -0.1) is 0 Å². The lowest BCUT2D eigenvalue weighted by atomic mass is 10.1. The van der Waals surface area contributed by atoms with Crippen molar-refractivity contribution < 1.29 is 23.2 Å². The molecule has 30 heavy (non-hydrogen) atoms. The molecule has 2 aromatic heterocycles. The third kappa shape index (κ3) is 5.60. The van der Waals surface area contributed by atoms with E-state index in [1.54, 1.807) is 54.6 Å². The molecule has 2 heterocycles. The van der Waals surface area contributed by atoms with E-state index in [2.05, 4.69) is 10.6 Å². The molecule has 0 saturated carbocycles. The first-order valence-electron chi connectivity index (χ1n) is 9.49. The second kappa shape index (κ2) is 10.1. The molecule has 0 bridgehead atoms. The van der Waals surface area contributed by atoms with Gasteiger partial charge in [0.15, 0.2) is 5.76 Å². The minimum absolute atomic E-state index is 0.128. The van der Waals surface area contributed by atoms with Crippen molar-refractivity contribution in [2.24, 2.45) is 0 Å². The largest absolute Gasteiger partial charge is 0.467 e. The molecule has 0 aliphatic carbocycles. The van der Waals surface area contributed by atoms with Gasteiger partial charge in [-0.05, 0) is 42.0 Å². The summed E-state index contributed by atoms with van der Waals surface area (Å²) in [6.45, 7) is 0.831. The maximum atomic E-state index is 12.8. The third-order valence-electron chi connectivity index (χ3n) is 4.47. The molecule has 3 rings (SSSR count). The molecule has 2 N–H and O–H groups in total. The van der Waals surface area contributed by atoms with Crippen molar-refractivity contribution >= 4 is 17.7 Å². The van der Waals surface area contributed by atoms with Gasteiger partial charge in [-0.25, -0.2) is 0 Å². The Morgan fingerprint density at radius 3 is 2.27 bits per heavy atom. The molecule has 156 valence electrons. The molecule has 0 unspecified atom stereocenters. The highest BCUT2D eigenvalue weighted by Crippen LogP contribution is 2.13. The van der Waals surface area contributed by atoms with Gasteiger partial charge in [-0.1, -0.05) is 12.1 Å². The van der Waals surface area contributed by atoms with Crippen molar-refractivity contribution in [2.45, 2.75) is 19.5 Å². The molecule has 3 amide bonds. The van der Waals surface area contributed by atoms with Crippen molar-refractivity contribution in [3.8, 4) is 0 Å². The van der Waals surface area contributed by atoms with Gasteiger partial charge in [0, 0.05) is 32.1 Å². The number of benzene rings is 1. The molecule has 0 radical (unpaired) electrons. The second-order valence-electron chi connectivity index (χ2n) is 6.59. The molecule has 0 atom stereocenters. The third-order valence-corrected chi connectivity index (χ3v) is 4.47. The van der Waals surface area contributed by atoms with Gasteiger partial charge in [0.05, 0.1) is 19.1 Å². The Morgan fingerprint density at radius 1 is 0.900 bits per heavy atom. The van der Waals surface area contributed by atoms with Gasteiger partial charge in [0.25, 0.3) is 11.8 Å². The van der Waals surface area contributed by atoms with Crippen LogP contribution in [-0.4, -0.2) is 36.2 Å². The van der Waals surface area contributed by atoms with E-state index in [-0.39, 0.29) is 36.4 Å². The quantitative estimate of drug-likeness (QED) is 0.565. The fourth-order valence-corrected chi connectivity index (χ4v) is 2.89. The predicted octanol–water partition coefficient (Wildman–Crippen LogP) is 2.58. The van der Waals surface area contributed by atoms with E-state index in [1.807, 2.05) is 12.1 Å². The van der Waals surface area contributed by atoms with Crippen molar-refractivity contribution in [3.63, 3.8) is 0 Å². The van der Waals surface area contributed by atoms with Crippen molar-refractivity contribution in [1.29, 1.82) is 0 Å². The monoisotopic (exact) mass is 409 g/mol. The summed E-state index contributed by atoms with van der Waals surface area (Å²) >= 11 is 0. The van der Waals surface area contributed by atoms with Gasteiger partial charge in [0.2, 0.25) is 5.91 Å². The van der Waals surface area contributed by atoms with E-state index in [1.165, 1.54) is 6.26 Å². The highest BCUT2D eigenvalue weighted by atomic mass is 16.3. The Kier molecular flexibility index (Phi) is 7.05. The summed E-state index contributed by atoms with van der Waals surface area (Å²) in [4.78, 5) is 38.1. The van der Waals surface area contributed by atoms with E-state index < -0.39 is 0 Å². The van der Waals surface area contributed by atoms with Gasteiger partial charge < -0.3 is 24.4 Å². The first kappa shape index (κ1) is 20.9. The Hall–Kier alpha value is -3.81. The number of rotatable bonds is 9. The molecule has 8 heteroatoms. The van der Waals surface area contributed by atoms with Crippen LogP contribution >= 0.6 is 0 Å². The summed E-state index contributed by atoms with van der Waals surface area (Å²) < 4.78 is 10.4. The zero-order valence-electron chi connectivity index (χ0n) is 16.6. The molecule has 0 aliphatic rings. The average Bonchev–Trinajstić information content (AvgIpc) is 3.47. The number of hydrogen-bond donors (Lipinski definition) is 2. The van der Waals surface area contributed by atoms with Gasteiger partial charge >= 0.3 is 0 Å². The molecule has 0 fully saturated rings. The molecule has 1 aromatic carbocycles. The summed E-state index contributed by atoms with van der Waals surface area (Å²) in [5.41, 5.74) is 1.42. The van der Waals surface area contributed by atoms with Gasteiger partial charge in [0.1, 0.15) is 5.76 Å². The van der Waals surface area contributed by atoms with Crippen molar-refractivity contribution in [3.05, 3.63) is 83.7 Å². The fraction of sp³-hybridized carbons (Fsp3) is 0.227. The van der Waals surface area contributed by atoms with Crippen LogP contribution in [0.1, 0.15) is 38.7 Å². The predicted molar refractivity (Wildman–Crippen MR) is 108 cm³/mol. The average molecular weight is 409 g/mol. The number of furan rings is 2. The fourth-order valence-electron chi connectivity index (χ4n) is 2.89. The number of carbonyl (C=O) groups is 3. The summed E-state index contributed by atoms with van der Waals surface area (Å²) in [5, 5.41) is 5.25. The topological polar surface area (TPSA) is 105 Å². The number of nitrogens with one attached hydrogen (secondary N) is 2. The highest BCUT2D eigenvalue weighted by Gasteiger charge is 2.17. The van der Waals surface area contributed by atoms with Crippen LogP contribution in [-0.2, 0) is 17.9 Å². The highest BCUT2D eigenvalue weighted by molar-refractivity contribution is 5.94. The van der Waals surface area contributed by atoms with Crippen molar-refractivity contribution in [1.82, 2.24) is 15.5 Å². The van der Waals surface area contributed by atoms with E-state index in [4.69, 9.17) is 8.83 Å². The summed E-state index contributed by atoms with van der Waals surface area (Å²) in [5.74, 6) is 0.185. The van der Waals surface area contributed by atoms with E-state index in [0.717, 1.165) is 5.56 Å². The van der Waals surface area contributed by atoms with Crippen LogP contribution in [0.3, 0.4) is 0 Å². The standard InChI is InChI=1S/C22H23N3O5/c1-23-21(27)17-8-6-16(7-9-17)14-25(15-18-4-2-12-29-18)20(26)10-11-24-22(28)19-5-3-13-30-19/h2-9,12-13H,10-11,14-15H2,1H3,(H,23,27)(H,24,28). The maximum Gasteiger partial charge on any atom is 0.286 e. The minimum Gasteiger partial charge on any atom is -0.467 e. The molecule has 3 aromatic rings. The Morgan fingerprint density at radius 2 is 1.63 bits per heavy atom. The summed E-state index contributed by atoms with van der Waals surface area (Å²) in [6, 6.07) is 13.8. The van der Waals surface area contributed by atoms with Crippen LogP contribution in [0.2, 0.25) is 0 Å². The summed E-state index contributed by atoms with van der Waals surface area (Å²) in [7, 11) is 1.57.